The zero-order valence-corrected chi connectivity index (χ0v) is 15.5. The first-order chi connectivity index (χ1) is 13.1. The van der Waals surface area contributed by atoms with Gasteiger partial charge in [-0.3, -0.25) is 4.79 Å². The van der Waals surface area contributed by atoms with Crippen LogP contribution in [0.4, 0.5) is 4.39 Å². The highest BCUT2D eigenvalue weighted by Crippen LogP contribution is 2.25. The molecule has 5 nitrogen and oxygen atoms in total. The first kappa shape index (κ1) is 17.5. The van der Waals surface area contributed by atoms with Gasteiger partial charge in [0.1, 0.15) is 11.9 Å². The Morgan fingerprint density at radius 2 is 1.85 bits per heavy atom. The highest BCUT2D eigenvalue weighted by atomic mass is 19.1. The standard InChI is InChI=1S/C21H22FN3O2/c1-14-19-13-15(21(26)24-11-9-16(22)10-12-24)3-8-20(19)25(23-14)17-4-6-18(27-2)7-5-17/h3-8,13,16H,9-12H2,1-2H3. The average molecular weight is 367 g/mol. The number of rotatable bonds is 3. The van der Waals surface area contributed by atoms with Gasteiger partial charge in [-0.15, -0.1) is 0 Å². The number of alkyl halides is 1. The second-order valence-electron chi connectivity index (χ2n) is 6.89. The number of aryl methyl sites for hydroxylation is 1. The van der Waals surface area contributed by atoms with Crippen LogP contribution < -0.4 is 4.74 Å². The summed E-state index contributed by atoms with van der Waals surface area (Å²) in [6.45, 7) is 2.88. The molecule has 0 aliphatic carbocycles. The van der Waals surface area contributed by atoms with Gasteiger partial charge in [0.2, 0.25) is 0 Å². The van der Waals surface area contributed by atoms with Crippen molar-refractivity contribution in [1.82, 2.24) is 14.7 Å². The Hall–Kier alpha value is -2.89. The average Bonchev–Trinajstić information content (AvgIpc) is 3.04. The van der Waals surface area contributed by atoms with Crippen molar-refractivity contribution >= 4 is 16.8 Å². The van der Waals surface area contributed by atoms with Crippen molar-refractivity contribution in [2.24, 2.45) is 0 Å². The van der Waals surface area contributed by atoms with E-state index in [4.69, 9.17) is 4.74 Å². The van der Waals surface area contributed by atoms with Gasteiger partial charge < -0.3 is 9.64 Å². The quantitative estimate of drug-likeness (QED) is 0.705. The molecule has 0 atom stereocenters. The van der Waals surface area contributed by atoms with E-state index in [0.717, 1.165) is 28.0 Å². The van der Waals surface area contributed by atoms with Gasteiger partial charge in [0, 0.05) is 24.0 Å². The summed E-state index contributed by atoms with van der Waals surface area (Å²) in [4.78, 5) is 14.5. The molecule has 0 saturated carbocycles. The molecular weight excluding hydrogens is 345 g/mol. The van der Waals surface area contributed by atoms with Crippen molar-refractivity contribution in [2.45, 2.75) is 25.9 Å². The Morgan fingerprint density at radius 1 is 1.15 bits per heavy atom. The molecule has 27 heavy (non-hydrogen) atoms. The van der Waals surface area contributed by atoms with E-state index in [1.54, 1.807) is 12.0 Å². The van der Waals surface area contributed by atoms with E-state index in [0.29, 0.717) is 31.5 Å². The predicted octanol–water partition coefficient (Wildman–Crippen LogP) is 3.92. The van der Waals surface area contributed by atoms with E-state index in [1.807, 2.05) is 54.1 Å². The molecule has 0 N–H and O–H groups in total. The summed E-state index contributed by atoms with van der Waals surface area (Å²) in [5.41, 5.74) is 3.35. The summed E-state index contributed by atoms with van der Waals surface area (Å²) in [6, 6.07) is 13.3. The summed E-state index contributed by atoms with van der Waals surface area (Å²) in [5.74, 6) is 0.747. The minimum Gasteiger partial charge on any atom is -0.497 e. The minimum absolute atomic E-state index is 0.0413. The Kier molecular flexibility index (Phi) is 4.56. The zero-order chi connectivity index (χ0) is 19.0. The number of carbonyl (C=O) groups is 1. The van der Waals surface area contributed by atoms with E-state index in [9.17, 15) is 9.18 Å². The zero-order valence-electron chi connectivity index (χ0n) is 15.5. The molecule has 0 bridgehead atoms. The van der Waals surface area contributed by atoms with Crippen LogP contribution >= 0.6 is 0 Å². The fourth-order valence-electron chi connectivity index (χ4n) is 3.56. The Bertz CT molecular complexity index is 973. The number of fused-ring (bicyclic) bond motifs is 1. The molecule has 1 saturated heterocycles. The lowest BCUT2D eigenvalue weighted by atomic mass is 10.1. The monoisotopic (exact) mass is 367 g/mol. The Morgan fingerprint density at radius 3 is 2.52 bits per heavy atom. The first-order valence-corrected chi connectivity index (χ1v) is 9.14. The number of amides is 1. The van der Waals surface area contributed by atoms with Crippen LogP contribution in [0.25, 0.3) is 16.6 Å². The third-order valence-corrected chi connectivity index (χ3v) is 5.14. The number of hydrogen-bond donors (Lipinski definition) is 0. The van der Waals surface area contributed by atoms with Crippen LogP contribution in [0.5, 0.6) is 5.75 Å². The normalized spacial score (nSPS) is 15.3. The van der Waals surface area contributed by atoms with E-state index in [-0.39, 0.29) is 5.91 Å². The summed E-state index contributed by atoms with van der Waals surface area (Å²) < 4.78 is 20.4. The number of likely N-dealkylation sites (tertiary alicyclic amines) is 1. The van der Waals surface area contributed by atoms with Crippen LogP contribution in [0.1, 0.15) is 28.9 Å². The lowest BCUT2D eigenvalue weighted by molar-refractivity contribution is 0.0667. The van der Waals surface area contributed by atoms with E-state index in [2.05, 4.69) is 5.10 Å². The maximum absolute atomic E-state index is 13.3. The molecule has 1 amide bonds. The van der Waals surface area contributed by atoms with Crippen LogP contribution in [0.2, 0.25) is 0 Å². The molecule has 1 fully saturated rings. The van der Waals surface area contributed by atoms with E-state index < -0.39 is 6.17 Å². The number of benzene rings is 2. The molecule has 140 valence electrons. The lowest BCUT2D eigenvalue weighted by Crippen LogP contribution is -2.39. The number of piperidine rings is 1. The Labute approximate surface area is 157 Å². The molecule has 1 aliphatic rings. The summed E-state index contributed by atoms with van der Waals surface area (Å²) in [7, 11) is 1.64. The van der Waals surface area contributed by atoms with Crippen molar-refractivity contribution in [3.05, 3.63) is 53.7 Å². The summed E-state index contributed by atoms with van der Waals surface area (Å²) in [6.07, 6.45) is 0.0478. The maximum Gasteiger partial charge on any atom is 0.253 e. The van der Waals surface area contributed by atoms with Crippen LogP contribution in [-0.4, -0.2) is 47.0 Å². The van der Waals surface area contributed by atoms with Gasteiger partial charge in [-0.2, -0.15) is 5.10 Å². The fraction of sp³-hybridized carbons (Fsp3) is 0.333. The fourth-order valence-corrected chi connectivity index (χ4v) is 3.56. The Balaban J connectivity index is 1.67. The largest absolute Gasteiger partial charge is 0.497 e. The van der Waals surface area contributed by atoms with Gasteiger partial charge in [-0.05, 0) is 62.2 Å². The number of aromatic nitrogens is 2. The van der Waals surface area contributed by atoms with Crippen LogP contribution in [-0.2, 0) is 0 Å². The number of ether oxygens (including phenoxy) is 1. The number of halogens is 1. The smallest absolute Gasteiger partial charge is 0.253 e. The first-order valence-electron chi connectivity index (χ1n) is 9.14. The van der Waals surface area contributed by atoms with Gasteiger partial charge >= 0.3 is 0 Å². The van der Waals surface area contributed by atoms with Crippen LogP contribution in [0.3, 0.4) is 0 Å². The number of nitrogens with zero attached hydrogens (tertiary/aromatic N) is 3. The third kappa shape index (κ3) is 3.27. The highest BCUT2D eigenvalue weighted by molar-refractivity contribution is 5.98. The summed E-state index contributed by atoms with van der Waals surface area (Å²) in [5, 5.41) is 5.58. The van der Waals surface area contributed by atoms with Gasteiger partial charge in [0.25, 0.3) is 5.91 Å². The number of hydrogen-bond acceptors (Lipinski definition) is 3. The van der Waals surface area contributed by atoms with Crippen molar-refractivity contribution < 1.29 is 13.9 Å². The predicted molar refractivity (Wildman–Crippen MR) is 102 cm³/mol. The topological polar surface area (TPSA) is 47.4 Å². The molecule has 4 rings (SSSR count). The molecular formula is C21H22FN3O2. The van der Waals surface area contributed by atoms with Crippen LogP contribution in [0.15, 0.2) is 42.5 Å². The number of carbonyl (C=O) groups excluding carboxylic acids is 1. The second-order valence-corrected chi connectivity index (χ2v) is 6.89. The molecule has 2 heterocycles. The van der Waals surface area contributed by atoms with Crippen molar-refractivity contribution in [3.63, 3.8) is 0 Å². The van der Waals surface area contributed by atoms with Crippen molar-refractivity contribution in [2.75, 3.05) is 20.2 Å². The second kappa shape index (κ2) is 7.02. The molecule has 3 aromatic rings. The molecule has 1 aromatic heterocycles. The van der Waals surface area contributed by atoms with Crippen molar-refractivity contribution in [3.8, 4) is 11.4 Å². The van der Waals surface area contributed by atoms with Gasteiger partial charge in [-0.25, -0.2) is 9.07 Å². The molecule has 0 spiro atoms. The maximum atomic E-state index is 13.3. The molecule has 0 radical (unpaired) electrons. The van der Waals surface area contributed by atoms with Gasteiger partial charge in [0.15, 0.2) is 0 Å². The third-order valence-electron chi connectivity index (χ3n) is 5.14. The van der Waals surface area contributed by atoms with E-state index in [1.165, 1.54) is 0 Å². The van der Waals surface area contributed by atoms with Crippen molar-refractivity contribution in [1.29, 1.82) is 0 Å². The van der Waals surface area contributed by atoms with Gasteiger partial charge in [0.05, 0.1) is 24.0 Å². The van der Waals surface area contributed by atoms with Crippen LogP contribution in [0, 0.1) is 6.92 Å². The number of methoxy groups -OCH3 is 1. The highest BCUT2D eigenvalue weighted by Gasteiger charge is 2.24. The minimum atomic E-state index is -0.790. The lowest BCUT2D eigenvalue weighted by Gasteiger charge is -2.28. The molecule has 2 aromatic carbocycles. The molecule has 6 heteroatoms. The van der Waals surface area contributed by atoms with E-state index >= 15 is 0 Å². The summed E-state index contributed by atoms with van der Waals surface area (Å²) >= 11 is 0. The molecule has 0 unspecified atom stereocenters. The molecule has 1 aliphatic heterocycles. The van der Waals surface area contributed by atoms with Gasteiger partial charge in [-0.1, -0.05) is 0 Å². The SMILES string of the molecule is COc1ccc(-n2nc(C)c3cc(C(=O)N4CCC(F)CC4)ccc32)cc1.